The van der Waals surface area contributed by atoms with E-state index in [1.54, 1.807) is 24.3 Å². The molecule has 0 bridgehead atoms. The Balaban J connectivity index is 0.00000124. The van der Waals surface area contributed by atoms with E-state index in [0.717, 1.165) is 11.1 Å². The molecule has 0 saturated heterocycles. The third kappa shape index (κ3) is 4.12. The number of nitrogens with zero attached hydrogens (tertiary/aromatic N) is 3. The van der Waals surface area contributed by atoms with Crippen molar-refractivity contribution in [2.24, 2.45) is 0 Å². The lowest BCUT2D eigenvalue weighted by atomic mass is 10.1. The van der Waals surface area contributed by atoms with Crippen molar-refractivity contribution in [2.75, 3.05) is 0 Å². The molecule has 0 aliphatic carbocycles. The van der Waals surface area contributed by atoms with Gasteiger partial charge in [0.1, 0.15) is 11.3 Å². The summed E-state index contributed by atoms with van der Waals surface area (Å²) in [5, 5.41) is 7.41. The predicted molar refractivity (Wildman–Crippen MR) is 106 cm³/mol. The van der Waals surface area contributed by atoms with Crippen LogP contribution in [0.25, 0.3) is 34.3 Å². The monoisotopic (exact) mass is 415 g/mol. The fraction of sp³-hybridized carbons (Fsp3) is 0.227. The van der Waals surface area contributed by atoms with Gasteiger partial charge in [0.2, 0.25) is 11.6 Å². The van der Waals surface area contributed by atoms with Crippen LogP contribution in [0.5, 0.6) is 0 Å². The quantitative estimate of drug-likeness (QED) is 0.372. The Hall–Kier alpha value is -3.42. The minimum absolute atomic E-state index is 0.170. The lowest BCUT2D eigenvalue weighted by Gasteiger charge is -2.06. The smallest absolute Gasteiger partial charge is 0.350 e. The maximum Gasteiger partial charge on any atom is 0.422 e. The van der Waals surface area contributed by atoms with Gasteiger partial charge in [0.25, 0.3) is 5.89 Å². The van der Waals surface area contributed by atoms with Crippen LogP contribution in [0.2, 0.25) is 0 Å². The molecular formula is C22H20F3N3O2. The normalized spacial score (nSPS) is 11.2. The van der Waals surface area contributed by atoms with E-state index in [4.69, 9.17) is 9.05 Å². The fourth-order valence-corrected chi connectivity index (χ4v) is 2.81. The van der Waals surface area contributed by atoms with Gasteiger partial charge in [-0.25, -0.2) is 0 Å². The number of aromatic nitrogens is 3. The lowest BCUT2D eigenvalue weighted by Crippen LogP contribution is -2.07. The SMILES string of the molecule is CC.Cc1ccc(-c2noc(-c3onc(-c4ccccc4)c3C(F)(F)F)n2)cc1C. The van der Waals surface area contributed by atoms with Crippen molar-refractivity contribution in [3.63, 3.8) is 0 Å². The molecule has 4 aromatic rings. The van der Waals surface area contributed by atoms with Gasteiger partial charge in [-0.2, -0.15) is 18.2 Å². The Labute approximate surface area is 171 Å². The van der Waals surface area contributed by atoms with Gasteiger partial charge in [-0.1, -0.05) is 66.6 Å². The van der Waals surface area contributed by atoms with Gasteiger partial charge in [-0.05, 0) is 31.0 Å². The first-order valence-corrected chi connectivity index (χ1v) is 9.38. The molecule has 0 fully saturated rings. The van der Waals surface area contributed by atoms with Crippen LogP contribution in [-0.2, 0) is 6.18 Å². The molecule has 0 amide bonds. The summed E-state index contributed by atoms with van der Waals surface area (Å²) in [7, 11) is 0. The third-order valence-corrected chi connectivity index (χ3v) is 4.41. The molecule has 0 aliphatic rings. The number of rotatable bonds is 3. The van der Waals surface area contributed by atoms with Gasteiger partial charge < -0.3 is 9.05 Å². The van der Waals surface area contributed by atoms with Gasteiger partial charge in [-0.3, -0.25) is 0 Å². The Morgan fingerprint density at radius 1 is 0.800 bits per heavy atom. The van der Waals surface area contributed by atoms with Crippen molar-refractivity contribution in [1.82, 2.24) is 15.3 Å². The summed E-state index contributed by atoms with van der Waals surface area (Å²) >= 11 is 0. The van der Waals surface area contributed by atoms with Crippen molar-refractivity contribution in [2.45, 2.75) is 33.9 Å². The van der Waals surface area contributed by atoms with E-state index in [9.17, 15) is 13.2 Å². The molecule has 0 radical (unpaired) electrons. The summed E-state index contributed by atoms with van der Waals surface area (Å²) in [5.74, 6) is -0.812. The molecule has 2 aromatic heterocycles. The lowest BCUT2D eigenvalue weighted by molar-refractivity contribution is -0.136. The number of hydrogen-bond acceptors (Lipinski definition) is 5. The molecule has 8 heteroatoms. The van der Waals surface area contributed by atoms with Crippen LogP contribution in [0.3, 0.4) is 0 Å². The summed E-state index contributed by atoms with van der Waals surface area (Å²) < 4.78 is 51.3. The van der Waals surface area contributed by atoms with Crippen molar-refractivity contribution in [3.05, 3.63) is 65.2 Å². The van der Waals surface area contributed by atoms with Gasteiger partial charge >= 0.3 is 6.18 Å². The highest BCUT2D eigenvalue weighted by atomic mass is 19.4. The van der Waals surface area contributed by atoms with E-state index < -0.39 is 17.5 Å². The van der Waals surface area contributed by atoms with E-state index in [1.807, 2.05) is 39.8 Å². The topological polar surface area (TPSA) is 65.0 Å². The first-order valence-electron chi connectivity index (χ1n) is 9.38. The van der Waals surface area contributed by atoms with Gasteiger partial charge in [0.15, 0.2) is 0 Å². The van der Waals surface area contributed by atoms with Crippen LogP contribution in [0.15, 0.2) is 57.6 Å². The minimum atomic E-state index is -4.71. The average Bonchev–Trinajstić information content (AvgIpc) is 3.39. The van der Waals surface area contributed by atoms with Crippen LogP contribution in [0.4, 0.5) is 13.2 Å². The Morgan fingerprint density at radius 3 is 2.13 bits per heavy atom. The maximum absolute atomic E-state index is 13.8. The highest BCUT2D eigenvalue weighted by Gasteiger charge is 2.42. The van der Waals surface area contributed by atoms with Crippen molar-refractivity contribution < 1.29 is 22.2 Å². The molecule has 2 heterocycles. The van der Waals surface area contributed by atoms with Gasteiger partial charge in [-0.15, -0.1) is 0 Å². The molecule has 156 valence electrons. The van der Waals surface area contributed by atoms with Gasteiger partial charge in [0, 0.05) is 11.1 Å². The molecular weight excluding hydrogens is 395 g/mol. The third-order valence-electron chi connectivity index (χ3n) is 4.41. The summed E-state index contributed by atoms with van der Waals surface area (Å²) in [4.78, 5) is 4.09. The molecule has 0 unspecified atom stereocenters. The molecule has 0 N–H and O–H groups in total. The van der Waals surface area contributed by atoms with Crippen LogP contribution in [0, 0.1) is 13.8 Å². The summed E-state index contributed by atoms with van der Waals surface area (Å²) in [6.07, 6.45) is -4.71. The van der Waals surface area contributed by atoms with Crippen LogP contribution in [0.1, 0.15) is 30.5 Å². The molecule has 0 atom stereocenters. The fourth-order valence-electron chi connectivity index (χ4n) is 2.81. The molecule has 30 heavy (non-hydrogen) atoms. The standard InChI is InChI=1S/C20H14F3N3O2.C2H6/c1-11-8-9-14(10-12(11)2)18-24-19(28-26-18)17-15(20(21,22)23)16(25-27-17)13-6-4-3-5-7-13;1-2/h3-10H,1-2H3;1-2H3. The zero-order chi connectivity index (χ0) is 21.9. The Morgan fingerprint density at radius 2 is 1.50 bits per heavy atom. The highest BCUT2D eigenvalue weighted by molar-refractivity contribution is 5.71. The first-order chi connectivity index (χ1) is 14.3. The minimum Gasteiger partial charge on any atom is -0.350 e. The van der Waals surface area contributed by atoms with Crippen molar-refractivity contribution in [1.29, 1.82) is 0 Å². The second kappa shape index (κ2) is 8.52. The van der Waals surface area contributed by atoms with E-state index in [1.165, 1.54) is 12.1 Å². The second-order valence-corrected chi connectivity index (χ2v) is 6.32. The number of benzene rings is 2. The van der Waals surface area contributed by atoms with Gasteiger partial charge in [0.05, 0.1) is 0 Å². The predicted octanol–water partition coefficient (Wildman–Crippen LogP) is 6.72. The number of hydrogen-bond donors (Lipinski definition) is 0. The van der Waals surface area contributed by atoms with E-state index in [2.05, 4.69) is 15.3 Å². The van der Waals surface area contributed by atoms with Crippen molar-refractivity contribution >= 4 is 0 Å². The highest BCUT2D eigenvalue weighted by Crippen LogP contribution is 2.43. The summed E-state index contributed by atoms with van der Waals surface area (Å²) in [6, 6.07) is 13.5. The Bertz CT molecular complexity index is 1130. The largest absolute Gasteiger partial charge is 0.422 e. The zero-order valence-corrected chi connectivity index (χ0v) is 16.9. The number of halogens is 3. The first kappa shape index (κ1) is 21.3. The van der Waals surface area contributed by atoms with Crippen LogP contribution in [-0.4, -0.2) is 15.3 Å². The molecule has 0 aliphatic heterocycles. The molecule has 5 nitrogen and oxygen atoms in total. The number of aryl methyl sites for hydroxylation is 2. The molecule has 4 rings (SSSR count). The van der Waals surface area contributed by atoms with Crippen LogP contribution < -0.4 is 0 Å². The second-order valence-electron chi connectivity index (χ2n) is 6.32. The maximum atomic E-state index is 13.8. The zero-order valence-electron chi connectivity index (χ0n) is 16.9. The summed E-state index contributed by atoms with van der Waals surface area (Å²) in [5.41, 5.74) is 1.62. The summed E-state index contributed by atoms with van der Waals surface area (Å²) in [6.45, 7) is 7.88. The van der Waals surface area contributed by atoms with Crippen LogP contribution >= 0.6 is 0 Å². The molecule has 0 spiro atoms. The van der Waals surface area contributed by atoms with Crippen molar-refractivity contribution in [3.8, 4) is 34.3 Å². The van der Waals surface area contributed by atoms with E-state index in [0.29, 0.717) is 5.56 Å². The molecule has 2 aromatic carbocycles. The number of alkyl halides is 3. The van der Waals surface area contributed by atoms with E-state index >= 15 is 0 Å². The Kier molecular flexibility index (Phi) is 6.05. The van der Waals surface area contributed by atoms with E-state index in [-0.39, 0.29) is 23.0 Å². The molecule has 0 saturated carbocycles. The average molecular weight is 415 g/mol.